The molecule has 7 nitrogen and oxygen atoms in total. The molecule has 0 unspecified atom stereocenters. The van der Waals surface area contributed by atoms with E-state index in [0.29, 0.717) is 33.3 Å². The number of amides is 1. The lowest BCUT2D eigenvalue weighted by Gasteiger charge is -2.18. The summed E-state index contributed by atoms with van der Waals surface area (Å²) in [5.41, 5.74) is 3.19. The summed E-state index contributed by atoms with van der Waals surface area (Å²) in [6, 6.07) is 14.1. The highest BCUT2D eigenvalue weighted by atomic mass is 32.1. The minimum absolute atomic E-state index is 0.0136. The molecule has 0 saturated heterocycles. The molecule has 4 aromatic rings. The van der Waals surface area contributed by atoms with Gasteiger partial charge < -0.3 is 10.1 Å². The molecule has 1 aliphatic rings. The van der Waals surface area contributed by atoms with Crippen LogP contribution < -0.4 is 14.9 Å². The number of nitrogens with zero attached hydrogens (tertiary/aromatic N) is 4. The number of nitrogens with one attached hydrogen (secondary N) is 1. The average Bonchev–Trinajstić information content (AvgIpc) is 3.22. The van der Waals surface area contributed by atoms with Crippen LogP contribution in [0.5, 0.6) is 5.75 Å². The predicted octanol–water partition coefficient (Wildman–Crippen LogP) is 4.73. The molecule has 34 heavy (non-hydrogen) atoms. The van der Waals surface area contributed by atoms with Gasteiger partial charge in [-0.25, -0.2) is 18.4 Å². The van der Waals surface area contributed by atoms with Gasteiger partial charge in [0.05, 0.1) is 22.8 Å². The number of halogens is 2. The highest BCUT2D eigenvalue weighted by molar-refractivity contribution is 7.07. The van der Waals surface area contributed by atoms with Crippen LogP contribution in [0.2, 0.25) is 0 Å². The van der Waals surface area contributed by atoms with E-state index in [1.54, 1.807) is 29.9 Å². The van der Waals surface area contributed by atoms with Crippen molar-refractivity contribution >= 4 is 34.3 Å². The smallest absolute Gasteiger partial charge is 0.262 e. The fraction of sp³-hybridized carbons (Fsp3) is 0.0833. The molecular weight excluding hydrogens is 460 g/mol. The van der Waals surface area contributed by atoms with E-state index in [1.807, 2.05) is 29.6 Å². The van der Waals surface area contributed by atoms with E-state index >= 15 is 0 Å². The molecule has 0 radical (unpaired) electrons. The molecule has 0 aliphatic carbocycles. The minimum Gasteiger partial charge on any atom is -0.482 e. The number of thiazole rings is 1. The van der Waals surface area contributed by atoms with Crippen molar-refractivity contribution < 1.29 is 18.3 Å². The minimum atomic E-state index is -0.777. The lowest BCUT2D eigenvalue weighted by molar-refractivity contribution is -0.118. The van der Waals surface area contributed by atoms with Gasteiger partial charge in [0.2, 0.25) is 4.80 Å². The van der Waals surface area contributed by atoms with Crippen molar-refractivity contribution in [1.82, 2.24) is 9.66 Å². The molecule has 0 atom stereocenters. The summed E-state index contributed by atoms with van der Waals surface area (Å²) in [7, 11) is 0. The van der Waals surface area contributed by atoms with E-state index < -0.39 is 11.6 Å². The van der Waals surface area contributed by atoms with Crippen LogP contribution in [0.1, 0.15) is 12.6 Å². The van der Waals surface area contributed by atoms with Gasteiger partial charge in [-0.2, -0.15) is 5.10 Å². The number of fused-ring (bicyclic) bond motifs is 1. The molecule has 3 heterocycles. The number of benzene rings is 2. The maximum absolute atomic E-state index is 14.3. The second-order valence-electron chi connectivity index (χ2n) is 7.37. The highest BCUT2D eigenvalue weighted by Crippen LogP contribution is 2.33. The Balaban J connectivity index is 1.68. The Kier molecular flexibility index (Phi) is 5.72. The van der Waals surface area contributed by atoms with Gasteiger partial charge in [-0.1, -0.05) is 6.07 Å². The molecule has 5 rings (SSSR count). The third-order valence-corrected chi connectivity index (χ3v) is 5.82. The Bertz CT molecular complexity index is 1490. The van der Waals surface area contributed by atoms with Crippen LogP contribution in [0.15, 0.2) is 76.3 Å². The Labute approximate surface area is 196 Å². The zero-order valence-electron chi connectivity index (χ0n) is 17.8. The lowest BCUT2D eigenvalue weighted by Crippen LogP contribution is -2.25. The maximum Gasteiger partial charge on any atom is 0.262 e. The molecule has 0 bridgehead atoms. The van der Waals surface area contributed by atoms with Crippen molar-refractivity contribution in [3.05, 3.63) is 88.3 Å². The molecule has 10 heteroatoms. The van der Waals surface area contributed by atoms with Gasteiger partial charge in [0.25, 0.3) is 5.91 Å². The van der Waals surface area contributed by atoms with E-state index in [9.17, 15) is 13.6 Å². The number of anilines is 1. The van der Waals surface area contributed by atoms with Gasteiger partial charge in [0.15, 0.2) is 12.4 Å². The SMILES string of the molecule is CC(=Nn1c(-c2ccc3c(c2)NC(=O)CO3)csc1=Nc1ccc(F)cc1F)c1ccccn1. The van der Waals surface area contributed by atoms with Crippen LogP contribution in [0.4, 0.5) is 20.2 Å². The molecule has 1 amide bonds. The summed E-state index contributed by atoms with van der Waals surface area (Å²) < 4.78 is 34.7. The molecule has 170 valence electrons. The molecule has 1 N–H and O–H groups in total. The predicted molar refractivity (Wildman–Crippen MR) is 125 cm³/mol. The van der Waals surface area contributed by atoms with Crippen LogP contribution >= 0.6 is 11.3 Å². The monoisotopic (exact) mass is 477 g/mol. The van der Waals surface area contributed by atoms with E-state index in [1.165, 1.54) is 17.4 Å². The van der Waals surface area contributed by atoms with Crippen LogP contribution in [0, 0.1) is 11.6 Å². The van der Waals surface area contributed by atoms with Crippen molar-refractivity contribution in [2.75, 3.05) is 11.9 Å². The van der Waals surface area contributed by atoms with Crippen molar-refractivity contribution in [3.63, 3.8) is 0 Å². The van der Waals surface area contributed by atoms with Crippen molar-refractivity contribution in [3.8, 4) is 17.0 Å². The van der Waals surface area contributed by atoms with Gasteiger partial charge in [0.1, 0.15) is 17.3 Å². The standard InChI is InChI=1S/C24H17F2N5O2S/c1-14(18-4-2-3-9-27-18)30-31-21(15-5-8-22-20(10-15)28-23(32)12-33-22)13-34-24(31)29-19-7-6-16(25)11-17(19)26/h2-11,13H,12H2,1H3,(H,28,32). The quantitative estimate of drug-likeness (QED) is 0.432. The molecule has 0 fully saturated rings. The molecule has 0 spiro atoms. The number of ether oxygens (including phenoxy) is 1. The van der Waals surface area contributed by atoms with Crippen LogP contribution in [-0.2, 0) is 4.79 Å². The second kappa shape index (κ2) is 8.99. The fourth-order valence-corrected chi connectivity index (χ4v) is 4.21. The Morgan fingerprint density at radius 2 is 2.06 bits per heavy atom. The van der Waals surface area contributed by atoms with Gasteiger partial charge in [0, 0.05) is 23.2 Å². The van der Waals surface area contributed by atoms with E-state index in [-0.39, 0.29) is 18.2 Å². The van der Waals surface area contributed by atoms with Crippen molar-refractivity contribution in [1.29, 1.82) is 0 Å². The number of hydrogen-bond donors (Lipinski definition) is 1. The number of carbonyl (C=O) groups excluding carboxylic acids is 1. The first-order valence-electron chi connectivity index (χ1n) is 10.2. The van der Waals surface area contributed by atoms with E-state index in [0.717, 1.165) is 17.7 Å². The highest BCUT2D eigenvalue weighted by Gasteiger charge is 2.18. The summed E-state index contributed by atoms with van der Waals surface area (Å²) >= 11 is 1.24. The Hall–Kier alpha value is -4.18. The number of pyridine rings is 1. The van der Waals surface area contributed by atoms with Crippen molar-refractivity contribution in [2.24, 2.45) is 10.1 Å². The summed E-state index contributed by atoms with van der Waals surface area (Å²) in [6.45, 7) is 1.77. The summed E-state index contributed by atoms with van der Waals surface area (Å²) in [6.07, 6.45) is 1.67. The number of aromatic nitrogens is 2. The first-order chi connectivity index (χ1) is 16.5. The summed E-state index contributed by atoms with van der Waals surface area (Å²) in [5, 5.41) is 9.32. The Morgan fingerprint density at radius 1 is 1.18 bits per heavy atom. The number of rotatable bonds is 4. The van der Waals surface area contributed by atoms with Gasteiger partial charge in [-0.15, -0.1) is 11.3 Å². The normalized spacial score (nSPS) is 13.9. The van der Waals surface area contributed by atoms with Crippen LogP contribution in [0.3, 0.4) is 0 Å². The molecular formula is C24H17F2N5O2S. The summed E-state index contributed by atoms with van der Waals surface area (Å²) in [5.74, 6) is -1.13. The zero-order chi connectivity index (χ0) is 23.7. The third kappa shape index (κ3) is 4.35. The van der Waals surface area contributed by atoms with Crippen molar-refractivity contribution in [2.45, 2.75) is 6.92 Å². The van der Waals surface area contributed by atoms with Crippen LogP contribution in [-0.4, -0.2) is 27.9 Å². The van der Waals surface area contributed by atoms with Gasteiger partial charge >= 0.3 is 0 Å². The summed E-state index contributed by atoms with van der Waals surface area (Å²) in [4.78, 5) is 20.9. The lowest BCUT2D eigenvalue weighted by atomic mass is 10.1. The first-order valence-corrected chi connectivity index (χ1v) is 11.1. The largest absolute Gasteiger partial charge is 0.482 e. The van der Waals surface area contributed by atoms with Gasteiger partial charge in [-0.05, 0) is 49.4 Å². The average molecular weight is 477 g/mol. The Morgan fingerprint density at radius 3 is 2.85 bits per heavy atom. The van der Waals surface area contributed by atoms with Crippen LogP contribution in [0.25, 0.3) is 11.3 Å². The fourth-order valence-electron chi connectivity index (χ4n) is 3.37. The first kappa shape index (κ1) is 21.7. The molecule has 0 saturated carbocycles. The third-order valence-electron chi connectivity index (χ3n) is 5.00. The van der Waals surface area contributed by atoms with E-state index in [4.69, 9.17) is 9.84 Å². The zero-order valence-corrected chi connectivity index (χ0v) is 18.6. The number of carbonyl (C=O) groups is 1. The van der Waals surface area contributed by atoms with E-state index in [2.05, 4.69) is 15.3 Å². The molecule has 1 aliphatic heterocycles. The topological polar surface area (TPSA) is 80.9 Å². The van der Waals surface area contributed by atoms with Gasteiger partial charge in [-0.3, -0.25) is 9.78 Å². The molecule has 2 aromatic carbocycles. The maximum atomic E-state index is 14.3. The number of hydrogen-bond acceptors (Lipinski definition) is 6. The second-order valence-corrected chi connectivity index (χ2v) is 8.21. The molecule has 2 aromatic heterocycles.